The highest BCUT2D eigenvalue weighted by molar-refractivity contribution is 5.94. The molecule has 1 heterocycles. The quantitative estimate of drug-likeness (QED) is 0.680. The van der Waals surface area contributed by atoms with Gasteiger partial charge in [-0.05, 0) is 43.2 Å². The highest BCUT2D eigenvalue weighted by Crippen LogP contribution is 2.26. The molecular weight excluding hydrogens is 384 g/mol. The number of nitrogens with zero attached hydrogens (tertiary/aromatic N) is 2. The first-order valence-electron chi connectivity index (χ1n) is 9.92. The van der Waals surface area contributed by atoms with Gasteiger partial charge in [0.25, 0.3) is 5.91 Å². The van der Waals surface area contributed by atoms with Crippen LogP contribution in [0.4, 0.5) is 5.69 Å². The summed E-state index contributed by atoms with van der Waals surface area (Å²) in [5.74, 6) is 0.114. The summed E-state index contributed by atoms with van der Waals surface area (Å²) in [7, 11) is 3.00. The average molecular weight is 412 g/mol. The normalized spacial score (nSPS) is 13.7. The van der Waals surface area contributed by atoms with Gasteiger partial charge in [0.1, 0.15) is 17.1 Å². The van der Waals surface area contributed by atoms with Gasteiger partial charge in [-0.25, -0.2) is 4.79 Å². The predicted octanol–water partition coefficient (Wildman–Crippen LogP) is 2.83. The van der Waals surface area contributed by atoms with Crippen molar-refractivity contribution in [3.05, 3.63) is 53.1 Å². The van der Waals surface area contributed by atoms with Crippen LogP contribution in [0.15, 0.2) is 36.4 Å². The maximum absolute atomic E-state index is 12.5. The molecule has 0 N–H and O–H groups in total. The van der Waals surface area contributed by atoms with Crippen molar-refractivity contribution < 1.29 is 23.8 Å². The second kappa shape index (κ2) is 9.52. The van der Waals surface area contributed by atoms with Gasteiger partial charge >= 0.3 is 5.97 Å². The van der Waals surface area contributed by atoms with Crippen molar-refractivity contribution in [1.82, 2.24) is 4.90 Å². The molecule has 0 spiro atoms. The molecule has 0 saturated carbocycles. The fourth-order valence-electron chi connectivity index (χ4n) is 3.54. The number of hydrogen-bond acceptors (Lipinski definition) is 6. The Bertz CT molecular complexity index is 920. The molecule has 1 fully saturated rings. The molecule has 2 aromatic carbocycles. The Balaban J connectivity index is 1.54. The molecule has 3 rings (SSSR count). The number of rotatable bonds is 6. The molecule has 7 heteroatoms. The standard InChI is InChI=1S/C23H28N2O5/c1-16-6-5-7-20(17(16)2)24-10-12-25(13-11-24)22(26)15-30-23(27)19-9-8-18(28-3)14-21(19)29-4/h5-9,14H,10-13,15H2,1-4H3. The smallest absolute Gasteiger partial charge is 0.342 e. The van der Waals surface area contributed by atoms with E-state index < -0.39 is 5.97 Å². The minimum absolute atomic E-state index is 0.198. The van der Waals surface area contributed by atoms with E-state index in [1.54, 1.807) is 23.1 Å². The van der Waals surface area contributed by atoms with Gasteiger partial charge in [0.2, 0.25) is 0 Å². The molecule has 0 aromatic heterocycles. The van der Waals surface area contributed by atoms with E-state index in [9.17, 15) is 9.59 Å². The summed E-state index contributed by atoms with van der Waals surface area (Å²) < 4.78 is 15.6. The van der Waals surface area contributed by atoms with Crippen LogP contribution in [0, 0.1) is 13.8 Å². The Labute approximate surface area is 177 Å². The topological polar surface area (TPSA) is 68.3 Å². The molecule has 1 saturated heterocycles. The van der Waals surface area contributed by atoms with Crippen molar-refractivity contribution in [2.45, 2.75) is 13.8 Å². The average Bonchev–Trinajstić information content (AvgIpc) is 2.78. The number of esters is 1. The molecule has 1 amide bonds. The minimum atomic E-state index is -0.600. The fraction of sp³-hybridized carbons (Fsp3) is 0.391. The van der Waals surface area contributed by atoms with E-state index in [0.717, 1.165) is 13.1 Å². The predicted molar refractivity (Wildman–Crippen MR) is 115 cm³/mol. The van der Waals surface area contributed by atoms with Gasteiger partial charge < -0.3 is 24.0 Å². The van der Waals surface area contributed by atoms with Gasteiger partial charge in [-0.1, -0.05) is 12.1 Å². The third-order valence-electron chi connectivity index (χ3n) is 5.50. The Morgan fingerprint density at radius 2 is 1.70 bits per heavy atom. The van der Waals surface area contributed by atoms with Crippen molar-refractivity contribution in [2.24, 2.45) is 0 Å². The molecule has 0 aliphatic carbocycles. The maximum atomic E-state index is 12.5. The number of aryl methyl sites for hydroxylation is 1. The van der Waals surface area contributed by atoms with Crippen molar-refractivity contribution in [1.29, 1.82) is 0 Å². The van der Waals surface area contributed by atoms with E-state index in [4.69, 9.17) is 14.2 Å². The fourth-order valence-corrected chi connectivity index (χ4v) is 3.54. The highest BCUT2D eigenvalue weighted by Gasteiger charge is 2.24. The van der Waals surface area contributed by atoms with E-state index in [-0.39, 0.29) is 18.1 Å². The Morgan fingerprint density at radius 1 is 0.967 bits per heavy atom. The van der Waals surface area contributed by atoms with E-state index in [1.165, 1.54) is 31.0 Å². The van der Waals surface area contributed by atoms with Crippen molar-refractivity contribution in [3.63, 3.8) is 0 Å². The lowest BCUT2D eigenvalue weighted by Gasteiger charge is -2.37. The summed E-state index contributed by atoms with van der Waals surface area (Å²) in [5.41, 5.74) is 3.98. The number of carbonyl (C=O) groups is 2. The zero-order chi connectivity index (χ0) is 21.7. The second-order valence-electron chi connectivity index (χ2n) is 7.23. The summed E-state index contributed by atoms with van der Waals surface area (Å²) >= 11 is 0. The monoisotopic (exact) mass is 412 g/mol. The molecule has 7 nitrogen and oxygen atoms in total. The van der Waals surface area contributed by atoms with Crippen LogP contribution < -0.4 is 14.4 Å². The molecule has 0 bridgehead atoms. The summed E-state index contributed by atoms with van der Waals surface area (Å²) in [6.45, 7) is 6.61. The molecule has 0 unspecified atom stereocenters. The van der Waals surface area contributed by atoms with Crippen molar-refractivity contribution in [2.75, 3.05) is 51.9 Å². The van der Waals surface area contributed by atoms with Crippen LogP contribution in [0.5, 0.6) is 11.5 Å². The Kier molecular flexibility index (Phi) is 6.82. The van der Waals surface area contributed by atoms with Gasteiger partial charge in [-0.3, -0.25) is 4.79 Å². The molecule has 1 aliphatic heterocycles. The lowest BCUT2D eigenvalue weighted by molar-refractivity contribution is -0.134. The van der Waals surface area contributed by atoms with E-state index >= 15 is 0 Å². The van der Waals surface area contributed by atoms with E-state index in [2.05, 4.69) is 36.9 Å². The lowest BCUT2D eigenvalue weighted by Crippen LogP contribution is -2.50. The van der Waals surface area contributed by atoms with Crippen LogP contribution >= 0.6 is 0 Å². The highest BCUT2D eigenvalue weighted by atomic mass is 16.5. The number of anilines is 1. The van der Waals surface area contributed by atoms with Crippen LogP contribution in [-0.4, -0.2) is 63.8 Å². The SMILES string of the molecule is COc1ccc(C(=O)OCC(=O)N2CCN(c3cccc(C)c3C)CC2)c(OC)c1. The van der Waals surface area contributed by atoms with Crippen molar-refractivity contribution in [3.8, 4) is 11.5 Å². The van der Waals surface area contributed by atoms with Crippen LogP contribution in [0.2, 0.25) is 0 Å². The van der Waals surface area contributed by atoms with Gasteiger partial charge in [0.05, 0.1) is 14.2 Å². The molecule has 1 aliphatic rings. The molecule has 0 atom stereocenters. The number of carbonyl (C=O) groups excluding carboxylic acids is 2. The summed E-state index contributed by atoms with van der Waals surface area (Å²) in [6, 6.07) is 11.1. The molecule has 30 heavy (non-hydrogen) atoms. The first-order valence-corrected chi connectivity index (χ1v) is 9.92. The summed E-state index contributed by atoms with van der Waals surface area (Å²) in [4.78, 5) is 29.0. The number of hydrogen-bond donors (Lipinski definition) is 0. The molecular formula is C23H28N2O5. The van der Waals surface area contributed by atoms with Crippen LogP contribution in [0.3, 0.4) is 0 Å². The second-order valence-corrected chi connectivity index (χ2v) is 7.23. The maximum Gasteiger partial charge on any atom is 0.342 e. The number of ether oxygens (including phenoxy) is 3. The zero-order valence-electron chi connectivity index (χ0n) is 17.9. The van der Waals surface area contributed by atoms with E-state index in [1.807, 2.05) is 0 Å². The molecule has 2 aromatic rings. The van der Waals surface area contributed by atoms with Gasteiger partial charge in [-0.15, -0.1) is 0 Å². The number of piperazine rings is 1. The third kappa shape index (κ3) is 4.67. The lowest BCUT2D eigenvalue weighted by atomic mass is 10.1. The summed E-state index contributed by atoms with van der Waals surface area (Å²) in [5, 5.41) is 0. The van der Waals surface area contributed by atoms with E-state index in [0.29, 0.717) is 24.6 Å². The summed E-state index contributed by atoms with van der Waals surface area (Å²) in [6.07, 6.45) is 0. The first-order chi connectivity index (χ1) is 14.4. The Morgan fingerprint density at radius 3 is 2.37 bits per heavy atom. The molecule has 160 valence electrons. The first kappa shape index (κ1) is 21.5. The third-order valence-corrected chi connectivity index (χ3v) is 5.50. The van der Waals surface area contributed by atoms with Gasteiger partial charge in [-0.2, -0.15) is 0 Å². The minimum Gasteiger partial charge on any atom is -0.497 e. The van der Waals surface area contributed by atoms with Crippen LogP contribution in [0.25, 0.3) is 0 Å². The molecule has 0 radical (unpaired) electrons. The van der Waals surface area contributed by atoms with Crippen LogP contribution in [-0.2, 0) is 9.53 Å². The number of amides is 1. The van der Waals surface area contributed by atoms with Gasteiger partial charge in [0, 0.05) is 37.9 Å². The van der Waals surface area contributed by atoms with Gasteiger partial charge in [0.15, 0.2) is 6.61 Å². The van der Waals surface area contributed by atoms with Crippen molar-refractivity contribution >= 4 is 17.6 Å². The zero-order valence-corrected chi connectivity index (χ0v) is 17.9. The largest absolute Gasteiger partial charge is 0.497 e. The number of methoxy groups -OCH3 is 2. The van der Waals surface area contributed by atoms with Crippen LogP contribution in [0.1, 0.15) is 21.5 Å². The Hall–Kier alpha value is -3.22. The number of benzene rings is 2.